The summed E-state index contributed by atoms with van der Waals surface area (Å²) < 4.78 is 27.6. The average molecular weight is 318 g/mol. The van der Waals surface area contributed by atoms with Gasteiger partial charge in [0.25, 0.3) is 0 Å². The molecule has 0 bridgehead atoms. The summed E-state index contributed by atoms with van der Waals surface area (Å²) in [7, 11) is 0. The lowest BCUT2D eigenvalue weighted by Crippen LogP contribution is -2.30. The number of nitrogens with zero attached hydrogens (tertiary/aromatic N) is 2. The first-order chi connectivity index (χ1) is 11.1. The second kappa shape index (κ2) is 5.81. The number of allylic oxidation sites excluding steroid dienone is 2. The third kappa shape index (κ3) is 2.52. The number of anilines is 1. The van der Waals surface area contributed by atoms with Gasteiger partial charge < -0.3 is 9.80 Å². The van der Waals surface area contributed by atoms with Crippen LogP contribution in [-0.4, -0.2) is 18.1 Å². The summed E-state index contributed by atoms with van der Waals surface area (Å²) in [5.41, 5.74) is 4.06. The Hall–Kier alpha value is -1.58. The molecule has 2 fully saturated rings. The van der Waals surface area contributed by atoms with Crippen LogP contribution < -0.4 is 4.90 Å². The number of hydrogen-bond acceptors (Lipinski definition) is 2. The van der Waals surface area contributed by atoms with E-state index in [1.807, 2.05) is 0 Å². The molecule has 3 aliphatic rings. The maximum atomic E-state index is 13.9. The Bertz CT molecular complexity index is 624. The van der Waals surface area contributed by atoms with Crippen LogP contribution >= 0.6 is 0 Å². The van der Waals surface area contributed by atoms with Gasteiger partial charge in [-0.2, -0.15) is 0 Å². The Morgan fingerprint density at radius 3 is 2.57 bits per heavy atom. The van der Waals surface area contributed by atoms with E-state index in [2.05, 4.69) is 9.80 Å². The normalized spacial score (nSPS) is 22.2. The molecule has 1 aromatic carbocycles. The second-order valence-corrected chi connectivity index (χ2v) is 7.16. The van der Waals surface area contributed by atoms with Crippen LogP contribution in [0.15, 0.2) is 23.5 Å². The van der Waals surface area contributed by atoms with Crippen LogP contribution in [0.5, 0.6) is 0 Å². The summed E-state index contributed by atoms with van der Waals surface area (Å²) in [6.07, 6.45) is 8.62. The molecule has 2 nitrogen and oxygen atoms in total. The maximum absolute atomic E-state index is 13.9. The first-order valence-corrected chi connectivity index (χ1v) is 8.86. The van der Waals surface area contributed by atoms with E-state index in [0.29, 0.717) is 11.5 Å². The quantitative estimate of drug-likeness (QED) is 0.762. The number of fused-ring (bicyclic) bond motifs is 1. The highest BCUT2D eigenvalue weighted by Crippen LogP contribution is 2.43. The molecule has 124 valence electrons. The average Bonchev–Trinajstić information content (AvgIpc) is 3.18. The molecule has 0 amide bonds. The fourth-order valence-electron chi connectivity index (χ4n) is 4.48. The Labute approximate surface area is 136 Å². The van der Waals surface area contributed by atoms with E-state index < -0.39 is 11.6 Å². The van der Waals surface area contributed by atoms with Gasteiger partial charge in [0.1, 0.15) is 0 Å². The minimum absolute atomic E-state index is 0.389. The van der Waals surface area contributed by atoms with E-state index in [0.717, 1.165) is 25.3 Å². The molecule has 0 atom stereocenters. The summed E-state index contributed by atoms with van der Waals surface area (Å²) in [6, 6.07) is 3.17. The maximum Gasteiger partial charge on any atom is 0.161 e. The van der Waals surface area contributed by atoms with Gasteiger partial charge in [-0.25, -0.2) is 8.78 Å². The molecule has 1 saturated carbocycles. The first kappa shape index (κ1) is 15.0. The summed E-state index contributed by atoms with van der Waals surface area (Å²) in [4.78, 5) is 4.71. The lowest BCUT2D eigenvalue weighted by Gasteiger charge is -2.27. The molecule has 2 aliphatic heterocycles. The molecule has 0 spiro atoms. The van der Waals surface area contributed by atoms with Crippen molar-refractivity contribution in [3.63, 3.8) is 0 Å². The minimum atomic E-state index is -0.736. The van der Waals surface area contributed by atoms with Gasteiger partial charge >= 0.3 is 0 Å². The van der Waals surface area contributed by atoms with E-state index >= 15 is 0 Å². The van der Waals surface area contributed by atoms with Crippen LogP contribution in [0.2, 0.25) is 0 Å². The highest BCUT2D eigenvalue weighted by Gasteiger charge is 2.36. The fraction of sp³-hybridized carbons (Fsp3) is 0.579. The largest absolute Gasteiger partial charge is 0.355 e. The van der Waals surface area contributed by atoms with Crippen LogP contribution in [0, 0.1) is 24.5 Å². The Morgan fingerprint density at radius 1 is 1.04 bits per heavy atom. The molecular weight excluding hydrogens is 294 g/mol. The van der Waals surface area contributed by atoms with Gasteiger partial charge in [0.15, 0.2) is 11.6 Å². The number of rotatable bonds is 2. The van der Waals surface area contributed by atoms with Gasteiger partial charge in [0.05, 0.1) is 6.67 Å². The van der Waals surface area contributed by atoms with Crippen molar-refractivity contribution in [3.05, 3.63) is 40.7 Å². The van der Waals surface area contributed by atoms with E-state index in [1.54, 1.807) is 13.0 Å². The third-order valence-electron chi connectivity index (χ3n) is 5.62. The SMILES string of the molecule is Cc1cc(N2CN3CCCCC3=C2C2CCCC2)cc(F)c1F. The molecule has 0 N–H and O–H groups in total. The monoisotopic (exact) mass is 318 g/mol. The highest BCUT2D eigenvalue weighted by atomic mass is 19.2. The summed E-state index contributed by atoms with van der Waals surface area (Å²) >= 11 is 0. The summed E-state index contributed by atoms with van der Waals surface area (Å²) in [6.45, 7) is 3.53. The van der Waals surface area contributed by atoms with Crippen molar-refractivity contribution in [3.8, 4) is 0 Å². The van der Waals surface area contributed by atoms with Crippen molar-refractivity contribution in [2.75, 3.05) is 18.1 Å². The molecule has 4 heteroatoms. The van der Waals surface area contributed by atoms with Gasteiger partial charge in [-0.05, 0) is 50.7 Å². The van der Waals surface area contributed by atoms with Crippen LogP contribution in [0.4, 0.5) is 14.5 Å². The predicted octanol–water partition coefficient (Wildman–Crippen LogP) is 4.94. The van der Waals surface area contributed by atoms with Gasteiger partial charge in [-0.1, -0.05) is 12.8 Å². The van der Waals surface area contributed by atoms with Crippen molar-refractivity contribution >= 4 is 5.69 Å². The lowest BCUT2D eigenvalue weighted by atomic mass is 9.97. The number of benzene rings is 1. The zero-order valence-electron chi connectivity index (χ0n) is 13.7. The number of halogens is 2. The van der Waals surface area contributed by atoms with Crippen LogP contribution in [0.3, 0.4) is 0 Å². The number of aryl methyl sites for hydroxylation is 1. The van der Waals surface area contributed by atoms with Gasteiger partial charge in [-0.15, -0.1) is 0 Å². The van der Waals surface area contributed by atoms with Crippen LogP contribution in [-0.2, 0) is 0 Å². The van der Waals surface area contributed by atoms with E-state index in [4.69, 9.17) is 0 Å². The predicted molar refractivity (Wildman–Crippen MR) is 88.0 cm³/mol. The van der Waals surface area contributed by atoms with Crippen LogP contribution in [0.1, 0.15) is 50.5 Å². The molecule has 23 heavy (non-hydrogen) atoms. The zero-order chi connectivity index (χ0) is 16.0. The Balaban J connectivity index is 1.76. The van der Waals surface area contributed by atoms with Crippen LogP contribution in [0.25, 0.3) is 0 Å². The Morgan fingerprint density at radius 2 is 1.83 bits per heavy atom. The zero-order valence-corrected chi connectivity index (χ0v) is 13.7. The number of hydrogen-bond donors (Lipinski definition) is 0. The van der Waals surface area contributed by atoms with Crippen molar-refractivity contribution in [2.45, 2.75) is 51.9 Å². The van der Waals surface area contributed by atoms with Crippen molar-refractivity contribution in [1.82, 2.24) is 4.90 Å². The molecule has 1 saturated heterocycles. The molecule has 1 aliphatic carbocycles. The van der Waals surface area contributed by atoms with Gasteiger partial charge in [-0.3, -0.25) is 0 Å². The molecule has 0 radical (unpaired) electrons. The molecule has 2 heterocycles. The van der Waals surface area contributed by atoms with Crippen molar-refractivity contribution in [1.29, 1.82) is 0 Å². The van der Waals surface area contributed by atoms with Crippen molar-refractivity contribution in [2.24, 2.45) is 5.92 Å². The Kier molecular flexibility index (Phi) is 3.78. The third-order valence-corrected chi connectivity index (χ3v) is 5.62. The minimum Gasteiger partial charge on any atom is -0.355 e. The fourth-order valence-corrected chi connectivity index (χ4v) is 4.48. The van der Waals surface area contributed by atoms with E-state index in [-0.39, 0.29) is 0 Å². The van der Waals surface area contributed by atoms with Crippen molar-refractivity contribution < 1.29 is 8.78 Å². The highest BCUT2D eigenvalue weighted by molar-refractivity contribution is 5.57. The second-order valence-electron chi connectivity index (χ2n) is 7.16. The lowest BCUT2D eigenvalue weighted by molar-refractivity contribution is 0.317. The first-order valence-electron chi connectivity index (χ1n) is 8.86. The topological polar surface area (TPSA) is 6.48 Å². The smallest absolute Gasteiger partial charge is 0.161 e. The van der Waals surface area contributed by atoms with Gasteiger partial charge in [0, 0.05) is 35.6 Å². The molecule has 0 aromatic heterocycles. The standard InChI is InChI=1S/C19H24F2N2/c1-13-10-15(11-16(20)18(13)21)23-12-22-9-5-4-8-17(22)19(23)14-6-2-3-7-14/h10-11,14H,2-9,12H2,1H3. The summed E-state index contributed by atoms with van der Waals surface area (Å²) in [5.74, 6) is -0.872. The molecular formula is C19H24F2N2. The molecule has 4 rings (SSSR count). The summed E-state index contributed by atoms with van der Waals surface area (Å²) in [5, 5.41) is 0. The van der Waals surface area contributed by atoms with Gasteiger partial charge in [0.2, 0.25) is 0 Å². The number of piperidine rings is 1. The van der Waals surface area contributed by atoms with E-state index in [1.165, 1.54) is 56.0 Å². The van der Waals surface area contributed by atoms with E-state index in [9.17, 15) is 8.78 Å². The molecule has 1 aromatic rings. The molecule has 0 unspecified atom stereocenters.